The van der Waals surface area contributed by atoms with Crippen molar-refractivity contribution in [1.29, 1.82) is 0 Å². The van der Waals surface area contributed by atoms with Gasteiger partial charge < -0.3 is 10.1 Å². The summed E-state index contributed by atoms with van der Waals surface area (Å²) in [6.45, 7) is 7.79. The molecule has 0 aromatic rings. The number of rotatable bonds is 5. The first-order valence-corrected chi connectivity index (χ1v) is 4.37. The molecule has 1 unspecified atom stereocenters. The summed E-state index contributed by atoms with van der Waals surface area (Å²) >= 11 is 0. The Morgan fingerprint density at radius 2 is 2.15 bits per heavy atom. The Balaban J connectivity index is 4.50. The summed E-state index contributed by atoms with van der Waals surface area (Å²) in [6.07, 6.45) is 5.56. The first-order valence-electron chi connectivity index (χ1n) is 4.37. The van der Waals surface area contributed by atoms with Gasteiger partial charge in [0.15, 0.2) is 0 Å². The molecule has 0 amide bonds. The number of allylic oxidation sites excluding steroid dienone is 3. The number of methoxy groups -OCH3 is 1. The monoisotopic (exact) mass is 181 g/mol. The second-order valence-corrected chi connectivity index (χ2v) is 2.91. The van der Waals surface area contributed by atoms with E-state index in [-0.39, 0.29) is 0 Å². The minimum atomic E-state index is 0.364. The van der Waals surface area contributed by atoms with Crippen LogP contribution < -0.4 is 5.32 Å². The largest absolute Gasteiger partial charge is 0.497 e. The Morgan fingerprint density at radius 1 is 1.54 bits per heavy atom. The SMILES string of the molecule is C=C/C=C(\C=C(/C)C(C)NC)OC. The Labute approximate surface area is 81.0 Å². The van der Waals surface area contributed by atoms with E-state index in [0.29, 0.717) is 6.04 Å². The molecule has 0 heterocycles. The summed E-state index contributed by atoms with van der Waals surface area (Å²) in [6, 6.07) is 0.364. The van der Waals surface area contributed by atoms with E-state index in [0.717, 1.165) is 5.76 Å². The molecule has 0 radical (unpaired) electrons. The van der Waals surface area contributed by atoms with Crippen LogP contribution in [0.3, 0.4) is 0 Å². The van der Waals surface area contributed by atoms with E-state index in [4.69, 9.17) is 4.74 Å². The molecule has 0 aromatic heterocycles. The highest BCUT2D eigenvalue weighted by atomic mass is 16.5. The van der Waals surface area contributed by atoms with Gasteiger partial charge in [0.1, 0.15) is 5.76 Å². The van der Waals surface area contributed by atoms with Gasteiger partial charge in [0, 0.05) is 6.04 Å². The fraction of sp³-hybridized carbons (Fsp3) is 0.455. The predicted molar refractivity (Wildman–Crippen MR) is 57.6 cm³/mol. The van der Waals surface area contributed by atoms with Gasteiger partial charge in [0.05, 0.1) is 7.11 Å². The maximum atomic E-state index is 5.14. The van der Waals surface area contributed by atoms with Gasteiger partial charge in [-0.25, -0.2) is 0 Å². The van der Waals surface area contributed by atoms with Gasteiger partial charge in [0.25, 0.3) is 0 Å². The Bertz CT molecular complexity index is 216. The van der Waals surface area contributed by atoms with Crippen molar-refractivity contribution in [2.75, 3.05) is 14.2 Å². The lowest BCUT2D eigenvalue weighted by atomic mass is 10.1. The summed E-state index contributed by atoms with van der Waals surface area (Å²) in [5.41, 5.74) is 1.23. The fourth-order valence-corrected chi connectivity index (χ4v) is 0.868. The smallest absolute Gasteiger partial charge is 0.118 e. The van der Waals surface area contributed by atoms with Crippen LogP contribution in [-0.4, -0.2) is 20.2 Å². The van der Waals surface area contributed by atoms with Crippen molar-refractivity contribution in [2.45, 2.75) is 19.9 Å². The molecule has 0 saturated heterocycles. The van der Waals surface area contributed by atoms with Crippen LogP contribution in [0.4, 0.5) is 0 Å². The molecule has 2 nitrogen and oxygen atoms in total. The van der Waals surface area contributed by atoms with E-state index < -0.39 is 0 Å². The van der Waals surface area contributed by atoms with Gasteiger partial charge in [-0.3, -0.25) is 0 Å². The molecule has 74 valence electrons. The molecule has 0 bridgehead atoms. The minimum absolute atomic E-state index is 0.364. The van der Waals surface area contributed by atoms with Crippen LogP contribution in [0.1, 0.15) is 13.8 Å². The molecule has 0 saturated carbocycles. The number of nitrogens with one attached hydrogen (secondary N) is 1. The molecule has 0 aliphatic rings. The molecule has 0 aliphatic carbocycles. The zero-order chi connectivity index (χ0) is 10.3. The van der Waals surface area contributed by atoms with Crippen molar-refractivity contribution in [1.82, 2.24) is 5.32 Å². The quantitative estimate of drug-likeness (QED) is 0.519. The third kappa shape index (κ3) is 4.53. The van der Waals surface area contributed by atoms with Crippen LogP contribution in [-0.2, 0) is 4.74 Å². The molecule has 0 fully saturated rings. The summed E-state index contributed by atoms with van der Waals surface area (Å²) in [4.78, 5) is 0. The van der Waals surface area contributed by atoms with E-state index >= 15 is 0 Å². The van der Waals surface area contributed by atoms with Gasteiger partial charge in [0.2, 0.25) is 0 Å². The van der Waals surface area contributed by atoms with E-state index in [1.807, 2.05) is 19.2 Å². The van der Waals surface area contributed by atoms with Crippen molar-refractivity contribution in [3.05, 3.63) is 36.1 Å². The van der Waals surface area contributed by atoms with Crippen LogP contribution in [0, 0.1) is 0 Å². The standard InChI is InChI=1S/C11H19NO/c1-6-7-11(13-5)8-9(2)10(3)12-4/h6-8,10,12H,1H2,2-5H3/b9-8+,11-7+. The van der Waals surface area contributed by atoms with E-state index in [1.54, 1.807) is 13.2 Å². The first kappa shape index (κ1) is 12.0. The Hall–Kier alpha value is -1.02. The Morgan fingerprint density at radius 3 is 2.54 bits per heavy atom. The first-order chi connectivity index (χ1) is 6.15. The molecule has 0 aliphatic heterocycles. The number of hydrogen-bond acceptors (Lipinski definition) is 2. The molecular weight excluding hydrogens is 162 g/mol. The van der Waals surface area contributed by atoms with Crippen molar-refractivity contribution < 1.29 is 4.74 Å². The molecule has 13 heavy (non-hydrogen) atoms. The minimum Gasteiger partial charge on any atom is -0.497 e. The summed E-state index contributed by atoms with van der Waals surface area (Å²) < 4.78 is 5.14. The third-order valence-electron chi connectivity index (χ3n) is 2.00. The third-order valence-corrected chi connectivity index (χ3v) is 2.00. The van der Waals surface area contributed by atoms with Gasteiger partial charge in [-0.15, -0.1) is 0 Å². The molecule has 2 heteroatoms. The van der Waals surface area contributed by atoms with Crippen molar-refractivity contribution >= 4 is 0 Å². The topological polar surface area (TPSA) is 21.3 Å². The highest BCUT2D eigenvalue weighted by molar-refractivity contribution is 5.23. The van der Waals surface area contributed by atoms with Crippen LogP contribution in [0.15, 0.2) is 36.1 Å². The van der Waals surface area contributed by atoms with Gasteiger partial charge in [-0.1, -0.05) is 18.2 Å². The number of hydrogen-bond donors (Lipinski definition) is 1. The van der Waals surface area contributed by atoms with E-state index in [9.17, 15) is 0 Å². The van der Waals surface area contributed by atoms with Gasteiger partial charge >= 0.3 is 0 Å². The van der Waals surface area contributed by atoms with Crippen LogP contribution in [0.25, 0.3) is 0 Å². The normalized spacial score (nSPS) is 15.4. The molecule has 0 spiro atoms. The fourth-order valence-electron chi connectivity index (χ4n) is 0.868. The lowest BCUT2D eigenvalue weighted by molar-refractivity contribution is 0.306. The second kappa shape index (κ2) is 6.49. The van der Waals surface area contributed by atoms with E-state index in [2.05, 4.69) is 25.7 Å². The Kier molecular flexibility index (Phi) is 5.98. The molecule has 1 atom stereocenters. The average Bonchev–Trinajstić information content (AvgIpc) is 2.15. The number of ether oxygens (including phenoxy) is 1. The van der Waals surface area contributed by atoms with Gasteiger partial charge in [-0.2, -0.15) is 0 Å². The van der Waals surface area contributed by atoms with Gasteiger partial charge in [-0.05, 0) is 33.0 Å². The second-order valence-electron chi connectivity index (χ2n) is 2.91. The van der Waals surface area contributed by atoms with Crippen LogP contribution in [0.5, 0.6) is 0 Å². The van der Waals surface area contributed by atoms with Crippen LogP contribution >= 0.6 is 0 Å². The summed E-state index contributed by atoms with van der Waals surface area (Å²) in [5.74, 6) is 0.828. The molecule has 0 rings (SSSR count). The zero-order valence-electron chi connectivity index (χ0n) is 8.92. The average molecular weight is 181 g/mol. The molecular formula is C11H19NO. The summed E-state index contributed by atoms with van der Waals surface area (Å²) in [7, 11) is 3.59. The highest BCUT2D eigenvalue weighted by Gasteiger charge is 2.00. The summed E-state index contributed by atoms with van der Waals surface area (Å²) in [5, 5.41) is 3.16. The van der Waals surface area contributed by atoms with Crippen molar-refractivity contribution in [3.8, 4) is 0 Å². The maximum Gasteiger partial charge on any atom is 0.118 e. The van der Waals surface area contributed by atoms with Crippen LogP contribution in [0.2, 0.25) is 0 Å². The predicted octanol–water partition coefficient (Wildman–Crippen LogP) is 2.26. The van der Waals surface area contributed by atoms with E-state index in [1.165, 1.54) is 5.57 Å². The molecule has 1 N–H and O–H groups in total. The zero-order valence-corrected chi connectivity index (χ0v) is 8.92. The highest BCUT2D eigenvalue weighted by Crippen LogP contribution is 2.06. The molecule has 0 aromatic carbocycles. The lowest BCUT2D eigenvalue weighted by Gasteiger charge is -2.11. The van der Waals surface area contributed by atoms with Crippen molar-refractivity contribution in [3.63, 3.8) is 0 Å². The maximum absolute atomic E-state index is 5.14. The number of likely N-dealkylation sites (N-methyl/N-ethyl adjacent to an activating group) is 1. The van der Waals surface area contributed by atoms with Crippen molar-refractivity contribution in [2.24, 2.45) is 0 Å². The lowest BCUT2D eigenvalue weighted by Crippen LogP contribution is -2.22.